The summed E-state index contributed by atoms with van der Waals surface area (Å²) in [4.78, 5) is 4.50. The van der Waals surface area contributed by atoms with Crippen LogP contribution in [0.15, 0.2) is 18.2 Å². The molecule has 0 radical (unpaired) electrons. The van der Waals surface area contributed by atoms with E-state index in [1.807, 2.05) is 24.8 Å². The first kappa shape index (κ1) is 30.0. The van der Waals surface area contributed by atoms with Gasteiger partial charge in [0.15, 0.2) is 0 Å². The summed E-state index contributed by atoms with van der Waals surface area (Å²) in [6.45, 7) is 10.0. The maximum Gasteiger partial charge on any atom is 0.142 e. The Morgan fingerprint density at radius 1 is 1.12 bits per heavy atom. The monoisotopic (exact) mass is 583 g/mol. The van der Waals surface area contributed by atoms with Gasteiger partial charge in [0.2, 0.25) is 0 Å². The number of benzene rings is 1. The Balaban J connectivity index is 0.985. The second-order valence-corrected chi connectivity index (χ2v) is 13.7. The molecule has 0 aromatic heterocycles. The van der Waals surface area contributed by atoms with E-state index in [2.05, 4.69) is 63.5 Å². The molecular formula is C30H49N9O3. The number of aliphatic hydroxyl groups excluding tert-OH is 2. The van der Waals surface area contributed by atoms with Crippen molar-refractivity contribution in [1.29, 1.82) is 5.26 Å². The topological polar surface area (TPSA) is 166 Å². The van der Waals surface area contributed by atoms with Gasteiger partial charge in [-0.3, -0.25) is 20.9 Å². The largest absolute Gasteiger partial charge is 0.387 e. The summed E-state index contributed by atoms with van der Waals surface area (Å²) < 4.78 is 6.37. The van der Waals surface area contributed by atoms with Crippen molar-refractivity contribution >= 4 is 11.4 Å². The predicted molar refractivity (Wildman–Crippen MR) is 161 cm³/mol. The third kappa shape index (κ3) is 5.63. The number of nitrogens with zero attached hydrogens (tertiary/aromatic N) is 3. The highest BCUT2D eigenvalue weighted by Crippen LogP contribution is 2.40. The van der Waals surface area contributed by atoms with Crippen LogP contribution in [0.3, 0.4) is 0 Å². The minimum atomic E-state index is -0.982. The van der Waals surface area contributed by atoms with Crippen LogP contribution in [0, 0.1) is 17.2 Å². The Kier molecular flexibility index (Phi) is 8.43. The highest BCUT2D eigenvalue weighted by molar-refractivity contribution is 5.75. The highest BCUT2D eigenvalue weighted by Gasteiger charge is 2.52. The van der Waals surface area contributed by atoms with Crippen molar-refractivity contribution in [3.63, 3.8) is 0 Å². The molecule has 8 atom stereocenters. The maximum atomic E-state index is 11.0. The van der Waals surface area contributed by atoms with Crippen molar-refractivity contribution in [3.8, 4) is 6.07 Å². The summed E-state index contributed by atoms with van der Waals surface area (Å²) in [6, 6.07) is 9.37. The van der Waals surface area contributed by atoms with Crippen molar-refractivity contribution in [1.82, 2.24) is 25.8 Å². The maximum absolute atomic E-state index is 11.0. The molecule has 0 spiro atoms. The van der Waals surface area contributed by atoms with Crippen molar-refractivity contribution < 1.29 is 14.9 Å². The molecule has 1 aromatic carbocycles. The quantitative estimate of drug-likeness (QED) is 0.201. The zero-order valence-corrected chi connectivity index (χ0v) is 25.3. The lowest BCUT2D eigenvalue weighted by molar-refractivity contribution is -0.112. The summed E-state index contributed by atoms with van der Waals surface area (Å²) >= 11 is 0. The molecule has 9 N–H and O–H groups in total. The van der Waals surface area contributed by atoms with Crippen molar-refractivity contribution in [2.75, 3.05) is 30.5 Å². The third-order valence-electron chi connectivity index (χ3n) is 10.2. The number of fused-ring (bicyclic) bond motifs is 2. The molecule has 0 amide bonds. The minimum Gasteiger partial charge on any atom is -0.387 e. The molecule has 0 bridgehead atoms. The van der Waals surface area contributed by atoms with Crippen molar-refractivity contribution in [3.05, 3.63) is 23.8 Å². The standard InChI is InChI=1S/C30H49N9O3/c1-16(2)38(12-22-25(40)26(41)29(42-22)39-15-35-24-27(32)33-14-34-28(24)39)19-9-17(10-19)5-8-23-36-20-7-6-18(11-21(20)37-23)30(3,4)13-31/h6-7,11,16-17,19,22-29,33-37,40-41H,5,8-10,12,14-15,32H2,1-4H3/t17?,19?,22-,23?,24?,25-,26-,27?,28?,29-/m1/s1. The first-order valence-electron chi connectivity index (χ1n) is 15.6. The number of hydrogen-bond donors (Lipinski definition) is 8. The van der Waals surface area contributed by atoms with Crippen molar-refractivity contribution in [2.24, 2.45) is 11.7 Å². The van der Waals surface area contributed by atoms with E-state index < -0.39 is 30.0 Å². The summed E-state index contributed by atoms with van der Waals surface area (Å²) in [6.07, 6.45) is 1.39. The number of nitrogens with two attached hydrogens (primary N) is 1. The van der Waals surface area contributed by atoms with Gasteiger partial charge in [-0.15, -0.1) is 0 Å². The molecule has 42 heavy (non-hydrogen) atoms. The third-order valence-corrected chi connectivity index (χ3v) is 10.2. The number of aliphatic hydroxyl groups is 2. The molecule has 6 rings (SSSR count). The smallest absolute Gasteiger partial charge is 0.142 e. The Morgan fingerprint density at radius 2 is 1.88 bits per heavy atom. The molecule has 4 aliphatic heterocycles. The van der Waals surface area contributed by atoms with Crippen LogP contribution in [0.2, 0.25) is 0 Å². The van der Waals surface area contributed by atoms with Gasteiger partial charge in [-0.25, -0.2) is 4.90 Å². The molecule has 1 aliphatic carbocycles. The van der Waals surface area contributed by atoms with E-state index in [0.717, 1.165) is 42.6 Å². The molecule has 232 valence electrons. The molecule has 1 saturated carbocycles. The lowest BCUT2D eigenvalue weighted by Crippen LogP contribution is -2.68. The minimum absolute atomic E-state index is 0.00166. The van der Waals surface area contributed by atoms with Crippen LogP contribution < -0.4 is 32.3 Å². The van der Waals surface area contributed by atoms with Gasteiger partial charge in [0, 0.05) is 25.3 Å². The average molecular weight is 584 g/mol. The molecule has 4 fully saturated rings. The Labute approximate surface area is 249 Å². The van der Waals surface area contributed by atoms with Gasteiger partial charge in [-0.2, -0.15) is 5.26 Å². The Morgan fingerprint density at radius 3 is 2.62 bits per heavy atom. The van der Waals surface area contributed by atoms with Crippen LogP contribution in [-0.2, 0) is 10.2 Å². The molecular weight excluding hydrogens is 534 g/mol. The molecule has 5 aliphatic rings. The first-order chi connectivity index (χ1) is 20.1. The summed E-state index contributed by atoms with van der Waals surface area (Å²) in [5, 5.41) is 48.7. The number of hydrogen-bond acceptors (Lipinski definition) is 12. The number of nitrogens with one attached hydrogen (secondary N) is 5. The highest BCUT2D eigenvalue weighted by atomic mass is 16.6. The normalized spacial score (nSPS) is 38.1. The fraction of sp³-hybridized carbons (Fsp3) is 0.767. The second-order valence-electron chi connectivity index (χ2n) is 13.7. The van der Waals surface area contributed by atoms with Crippen LogP contribution in [-0.4, -0.2) is 101 Å². The van der Waals surface area contributed by atoms with Gasteiger partial charge in [-0.05, 0) is 77.0 Å². The van der Waals surface area contributed by atoms with Crippen LogP contribution in [0.25, 0.3) is 0 Å². The number of nitriles is 1. The molecule has 4 heterocycles. The fourth-order valence-corrected chi connectivity index (χ4v) is 7.40. The predicted octanol–water partition coefficient (Wildman–Crippen LogP) is 0.360. The van der Waals surface area contributed by atoms with Crippen LogP contribution >= 0.6 is 0 Å². The van der Waals surface area contributed by atoms with E-state index in [4.69, 9.17) is 10.5 Å². The average Bonchev–Trinajstić information content (AvgIpc) is 3.63. The molecule has 12 heteroatoms. The van der Waals surface area contributed by atoms with Gasteiger partial charge < -0.3 is 31.3 Å². The first-order valence-corrected chi connectivity index (χ1v) is 15.6. The fourth-order valence-electron chi connectivity index (χ4n) is 7.40. The molecule has 4 unspecified atom stereocenters. The van der Waals surface area contributed by atoms with E-state index in [-0.39, 0.29) is 24.5 Å². The lowest BCUT2D eigenvalue weighted by atomic mass is 9.76. The summed E-state index contributed by atoms with van der Waals surface area (Å²) in [7, 11) is 0. The number of anilines is 2. The SMILES string of the molecule is CC(C)N(C[C@H]1O[C@@H](N2CNC3C(N)NCNC32)[C@H](O)[C@@H]1O)C1CC(CCC2Nc3ccc(C(C)(C)C#N)cc3N2)C1. The van der Waals surface area contributed by atoms with E-state index in [0.29, 0.717) is 37.9 Å². The van der Waals surface area contributed by atoms with Crippen molar-refractivity contribution in [2.45, 2.75) is 120 Å². The number of ether oxygens (including phenoxy) is 1. The zero-order valence-electron chi connectivity index (χ0n) is 25.3. The lowest BCUT2D eigenvalue weighted by Gasteiger charge is -2.46. The molecule has 1 aromatic rings. The van der Waals surface area contributed by atoms with Crippen LogP contribution in [0.5, 0.6) is 0 Å². The van der Waals surface area contributed by atoms with Gasteiger partial charge >= 0.3 is 0 Å². The van der Waals surface area contributed by atoms with E-state index in [1.54, 1.807) is 0 Å². The van der Waals surface area contributed by atoms with Gasteiger partial charge in [0.25, 0.3) is 0 Å². The second kappa shape index (κ2) is 11.8. The van der Waals surface area contributed by atoms with Crippen LogP contribution in [0.1, 0.15) is 58.9 Å². The molecule has 12 nitrogen and oxygen atoms in total. The van der Waals surface area contributed by atoms with Gasteiger partial charge in [0.05, 0.1) is 54.1 Å². The number of rotatable bonds is 9. The zero-order chi connectivity index (χ0) is 29.8. The van der Waals surface area contributed by atoms with Gasteiger partial charge in [-0.1, -0.05) is 6.07 Å². The molecule has 3 saturated heterocycles. The van der Waals surface area contributed by atoms with Crippen LogP contribution in [0.4, 0.5) is 11.4 Å². The summed E-state index contributed by atoms with van der Waals surface area (Å²) in [5.74, 6) is 0.659. The van der Waals surface area contributed by atoms with E-state index in [1.165, 1.54) is 0 Å². The van der Waals surface area contributed by atoms with E-state index >= 15 is 0 Å². The van der Waals surface area contributed by atoms with E-state index in [9.17, 15) is 15.5 Å². The van der Waals surface area contributed by atoms with Gasteiger partial charge in [0.1, 0.15) is 24.5 Å². The Hall–Kier alpha value is -2.05. The Bertz CT molecular complexity index is 1160. The summed E-state index contributed by atoms with van der Waals surface area (Å²) in [5.41, 5.74) is 8.91.